The Morgan fingerprint density at radius 1 is 0.864 bits per heavy atom. The number of carbonyl (C=O) groups is 1. The smallest absolute Gasteiger partial charge is 0.476 e. The number of phosphoric ester groups is 1. The third-order valence-corrected chi connectivity index (χ3v) is 12.0. The molecule has 0 radical (unpaired) electrons. The van der Waals surface area contributed by atoms with Crippen LogP contribution in [0.1, 0.15) is 82.1 Å². The second kappa shape index (κ2) is 17.8. The average Bonchev–Trinajstić information content (AvgIpc) is 3.39. The second-order valence-corrected chi connectivity index (χ2v) is 20.0. The van der Waals surface area contributed by atoms with E-state index in [1.807, 2.05) is 57.3 Å². The predicted molar refractivity (Wildman–Crippen MR) is 228 cm³/mol. The second-order valence-electron chi connectivity index (χ2n) is 18.5. The molecule has 1 amide bonds. The molecule has 5 heterocycles. The molecule has 1 aromatic carbocycles. The maximum absolute atomic E-state index is 13.6. The van der Waals surface area contributed by atoms with Crippen molar-refractivity contribution in [1.82, 2.24) is 25.0 Å². The molecule has 3 saturated heterocycles. The fourth-order valence-corrected chi connectivity index (χ4v) is 9.39. The lowest BCUT2D eigenvalue weighted by Gasteiger charge is -2.43. The van der Waals surface area contributed by atoms with Crippen molar-refractivity contribution in [2.75, 3.05) is 68.2 Å². The van der Waals surface area contributed by atoms with E-state index in [0.29, 0.717) is 48.4 Å². The highest BCUT2D eigenvalue weighted by Gasteiger charge is 2.41. The summed E-state index contributed by atoms with van der Waals surface area (Å²) in [5.41, 5.74) is 7.58. The summed E-state index contributed by atoms with van der Waals surface area (Å²) >= 11 is 0. The lowest BCUT2D eigenvalue weighted by Crippen LogP contribution is -2.55. The van der Waals surface area contributed by atoms with Gasteiger partial charge in [0.25, 0.3) is 0 Å². The van der Waals surface area contributed by atoms with Crippen LogP contribution in [0.3, 0.4) is 0 Å². The van der Waals surface area contributed by atoms with Crippen LogP contribution in [0.2, 0.25) is 0 Å². The summed E-state index contributed by atoms with van der Waals surface area (Å²) in [6, 6.07) is 14.1. The van der Waals surface area contributed by atoms with Gasteiger partial charge in [-0.05, 0) is 106 Å². The number of aromatic nitrogens is 3. The number of pyridine rings is 1. The Balaban J connectivity index is 1.07. The maximum Gasteiger partial charge on any atom is 0.478 e. The summed E-state index contributed by atoms with van der Waals surface area (Å²) in [5.74, 6) is 1.41. The minimum absolute atomic E-state index is 0.184. The number of carbonyl (C=O) groups excluding carboxylic acids is 1. The average molecular weight is 839 g/mol. The van der Waals surface area contributed by atoms with E-state index in [1.54, 1.807) is 52.5 Å². The zero-order chi connectivity index (χ0) is 42.8. The van der Waals surface area contributed by atoms with Crippen LogP contribution < -0.4 is 25.0 Å². The Morgan fingerprint density at radius 2 is 1.54 bits per heavy atom. The molecule has 3 aliphatic heterocycles. The first kappa shape index (κ1) is 44.3. The molecule has 3 fully saturated rings. The van der Waals surface area contributed by atoms with Gasteiger partial charge in [0, 0.05) is 80.9 Å². The number of rotatable bonds is 13. The van der Waals surface area contributed by atoms with E-state index in [4.69, 9.17) is 33.5 Å². The first-order valence-electron chi connectivity index (χ1n) is 20.5. The zero-order valence-corrected chi connectivity index (χ0v) is 37.2. The van der Waals surface area contributed by atoms with Crippen molar-refractivity contribution >= 4 is 31.1 Å². The molecule has 17 heteroatoms. The lowest BCUT2D eigenvalue weighted by molar-refractivity contribution is -0.0189. The van der Waals surface area contributed by atoms with Gasteiger partial charge in [-0.3, -0.25) is 13.9 Å². The number of para-hydroxylation sites is 1. The molecule has 2 unspecified atom stereocenters. The number of ether oxygens (including phenoxy) is 3. The van der Waals surface area contributed by atoms with Gasteiger partial charge in [0.15, 0.2) is 12.6 Å². The monoisotopic (exact) mass is 838 g/mol. The number of nitrogen functional groups attached to an aromatic ring is 1. The fourth-order valence-electron chi connectivity index (χ4n) is 7.72. The molecule has 0 saturated carbocycles. The third-order valence-electron chi connectivity index (χ3n) is 10.0. The molecule has 16 nitrogen and oxygen atoms in total. The Bertz CT molecular complexity index is 1930. The van der Waals surface area contributed by atoms with Crippen molar-refractivity contribution in [1.29, 1.82) is 0 Å². The Labute approximate surface area is 349 Å². The number of nitrogens with two attached hydrogens (primary N) is 1. The van der Waals surface area contributed by atoms with Crippen molar-refractivity contribution in [2.24, 2.45) is 0 Å². The molecular weight excluding hydrogens is 775 g/mol. The molecule has 6 rings (SSSR count). The van der Waals surface area contributed by atoms with Crippen LogP contribution in [0.25, 0.3) is 11.3 Å². The Kier molecular flexibility index (Phi) is 13.4. The highest BCUT2D eigenvalue weighted by molar-refractivity contribution is 7.48. The van der Waals surface area contributed by atoms with Crippen LogP contribution in [0.4, 0.5) is 22.0 Å². The minimum atomic E-state index is -3.98. The summed E-state index contributed by atoms with van der Waals surface area (Å²) in [4.78, 5) is 26.0. The standard InChI is InChI=1S/C42H63N8O8P/c1-29-25-48(39(51)56-40(2,3)4)20-19-47(29)21-22-53-37-23-30(17-18-44-37)50-31-15-16-32(50)27-49(26-31)35-24-34(45-46-38(35)43)33-13-11-12-14-36(33)54-28-55-59(52,57-41(5,6)7)58-42(8,9)10/h11-14,17-18,23-24,29,31-32H,15-16,19-22,25-28H2,1-10H3,(H2,43,46)/t29-,31?,32?/m1/s1. The van der Waals surface area contributed by atoms with Gasteiger partial charge in [-0.1, -0.05) is 12.1 Å². The van der Waals surface area contributed by atoms with E-state index in [-0.39, 0.29) is 31.0 Å². The van der Waals surface area contributed by atoms with Gasteiger partial charge in [0.1, 0.15) is 18.0 Å². The predicted octanol–water partition coefficient (Wildman–Crippen LogP) is 7.39. The topological polar surface area (TPSA) is 167 Å². The van der Waals surface area contributed by atoms with Crippen LogP contribution in [-0.2, 0) is 22.9 Å². The van der Waals surface area contributed by atoms with E-state index in [9.17, 15) is 9.36 Å². The number of hydrogen-bond acceptors (Lipinski definition) is 15. The Morgan fingerprint density at radius 3 is 2.19 bits per heavy atom. The molecule has 3 atom stereocenters. The molecule has 3 aliphatic rings. The summed E-state index contributed by atoms with van der Waals surface area (Å²) in [6.07, 6.45) is 3.63. The van der Waals surface area contributed by atoms with E-state index in [1.165, 1.54) is 0 Å². The fraction of sp³-hybridized carbons (Fsp3) is 0.619. The summed E-state index contributed by atoms with van der Waals surface area (Å²) in [5, 5.41) is 8.81. The number of phosphoric acid groups is 1. The van der Waals surface area contributed by atoms with E-state index < -0.39 is 24.6 Å². The number of fused-ring (bicyclic) bond motifs is 2. The number of benzene rings is 1. The van der Waals surface area contributed by atoms with Crippen LogP contribution in [0.5, 0.6) is 11.6 Å². The van der Waals surface area contributed by atoms with Crippen LogP contribution in [-0.4, -0.2) is 119 Å². The molecule has 59 heavy (non-hydrogen) atoms. The molecular formula is C42H63N8O8P. The highest BCUT2D eigenvalue weighted by Crippen LogP contribution is 2.55. The molecule has 0 aliphatic carbocycles. The molecule has 324 valence electrons. The molecule has 0 spiro atoms. The number of piperazine rings is 2. The number of nitrogens with zero attached hydrogens (tertiary/aromatic N) is 7. The van der Waals surface area contributed by atoms with Crippen LogP contribution in [0, 0.1) is 0 Å². The van der Waals surface area contributed by atoms with Crippen LogP contribution in [0.15, 0.2) is 48.7 Å². The van der Waals surface area contributed by atoms with Gasteiger partial charge < -0.3 is 34.6 Å². The van der Waals surface area contributed by atoms with Crippen molar-refractivity contribution < 1.29 is 37.1 Å². The van der Waals surface area contributed by atoms with Crippen molar-refractivity contribution in [3.05, 3.63) is 48.7 Å². The normalized spacial score (nSPS) is 20.5. The van der Waals surface area contributed by atoms with Gasteiger partial charge in [-0.25, -0.2) is 18.9 Å². The number of anilines is 3. The zero-order valence-electron chi connectivity index (χ0n) is 36.3. The summed E-state index contributed by atoms with van der Waals surface area (Å²) < 4.78 is 48.5. The molecule has 2 aromatic heterocycles. The maximum atomic E-state index is 13.6. The minimum Gasteiger partial charge on any atom is -0.476 e. The first-order valence-corrected chi connectivity index (χ1v) is 22.0. The number of amides is 1. The van der Waals surface area contributed by atoms with Crippen molar-refractivity contribution in [3.63, 3.8) is 0 Å². The van der Waals surface area contributed by atoms with E-state index in [2.05, 4.69) is 42.9 Å². The van der Waals surface area contributed by atoms with Gasteiger partial charge in [-0.2, -0.15) is 0 Å². The summed E-state index contributed by atoms with van der Waals surface area (Å²) in [6.45, 7) is 22.8. The van der Waals surface area contributed by atoms with Gasteiger partial charge >= 0.3 is 13.9 Å². The molecule has 2 bridgehead atoms. The van der Waals surface area contributed by atoms with Gasteiger partial charge in [0.2, 0.25) is 5.88 Å². The molecule has 3 aromatic rings. The summed E-state index contributed by atoms with van der Waals surface area (Å²) in [7, 11) is -3.98. The van der Waals surface area contributed by atoms with Crippen molar-refractivity contribution in [2.45, 2.75) is 117 Å². The van der Waals surface area contributed by atoms with Gasteiger partial charge in [-0.15, -0.1) is 10.2 Å². The van der Waals surface area contributed by atoms with E-state index >= 15 is 0 Å². The lowest BCUT2D eigenvalue weighted by atomic mass is 10.1. The SMILES string of the molecule is C[C@@H]1CN(C(=O)OC(C)(C)C)CCN1CCOc1cc(N2C3CCC2CN(c2cc(-c4ccccc4OCOP(=O)(OC(C)(C)C)OC(C)(C)C)nnc2N)C3)ccn1. The first-order chi connectivity index (χ1) is 27.7. The van der Waals surface area contributed by atoms with Crippen molar-refractivity contribution in [3.8, 4) is 22.9 Å². The van der Waals surface area contributed by atoms with Gasteiger partial charge in [0.05, 0.1) is 22.6 Å². The molecule has 2 N–H and O–H groups in total. The quantitative estimate of drug-likeness (QED) is 0.134. The largest absolute Gasteiger partial charge is 0.478 e. The third kappa shape index (κ3) is 12.0. The van der Waals surface area contributed by atoms with Crippen LogP contribution >= 0.6 is 7.82 Å². The highest BCUT2D eigenvalue weighted by atomic mass is 31.2. The van der Waals surface area contributed by atoms with E-state index in [0.717, 1.165) is 50.4 Å². The number of hydrogen-bond donors (Lipinski definition) is 1. The Hall–Kier alpha value is -4.21.